The maximum atomic E-state index is 13.2. The quantitative estimate of drug-likeness (QED) is 0.785. The first-order chi connectivity index (χ1) is 14.7. The molecule has 3 rings (SSSR count). The van der Waals surface area contributed by atoms with Crippen LogP contribution in [0.5, 0.6) is 5.75 Å². The molecule has 0 fully saturated rings. The fourth-order valence-corrected chi connectivity index (χ4v) is 3.13. The number of nitrogens with one attached hydrogen (secondary N) is 2. The van der Waals surface area contributed by atoms with Gasteiger partial charge in [0.05, 0.1) is 12.2 Å². The Balaban J connectivity index is 1.72. The van der Waals surface area contributed by atoms with Crippen molar-refractivity contribution >= 4 is 23.6 Å². The Hall–Kier alpha value is -3.55. The summed E-state index contributed by atoms with van der Waals surface area (Å²) in [7, 11) is 1.53. The van der Waals surface area contributed by atoms with Crippen LogP contribution in [0.3, 0.4) is 0 Å². The van der Waals surface area contributed by atoms with Gasteiger partial charge in [0.25, 0.3) is 11.8 Å². The number of hydrogen-bond donors (Lipinski definition) is 2. The predicted octanol–water partition coefficient (Wildman–Crippen LogP) is 2.87. The number of amides is 3. The van der Waals surface area contributed by atoms with Crippen molar-refractivity contribution in [2.24, 2.45) is 0 Å². The summed E-state index contributed by atoms with van der Waals surface area (Å²) in [6.07, 6.45) is -1.29. The molecular weight excluding hydrogens is 398 g/mol. The summed E-state index contributed by atoms with van der Waals surface area (Å²) in [5.41, 5.74) is 1.34. The first kappa shape index (κ1) is 22.1. The molecule has 0 spiro atoms. The molecule has 1 aliphatic heterocycles. The van der Waals surface area contributed by atoms with E-state index in [1.807, 2.05) is 6.07 Å². The Morgan fingerprint density at radius 3 is 2.42 bits per heavy atom. The SMILES string of the molecule is CNC(=O)[C@H]1CN(C(=O)c2ccc(CNC(=O)OC(C)(C)C)cc2)c2ccccc2O1. The van der Waals surface area contributed by atoms with Gasteiger partial charge in [-0.2, -0.15) is 0 Å². The summed E-state index contributed by atoms with van der Waals surface area (Å²) >= 11 is 0. The average molecular weight is 425 g/mol. The van der Waals surface area contributed by atoms with E-state index in [0.717, 1.165) is 5.56 Å². The van der Waals surface area contributed by atoms with Crippen molar-refractivity contribution in [2.75, 3.05) is 18.5 Å². The minimum absolute atomic E-state index is 0.109. The normalized spacial score (nSPS) is 15.4. The van der Waals surface area contributed by atoms with Gasteiger partial charge in [-0.3, -0.25) is 9.59 Å². The highest BCUT2D eigenvalue weighted by molar-refractivity contribution is 6.07. The first-order valence-corrected chi connectivity index (χ1v) is 10.0. The van der Waals surface area contributed by atoms with E-state index in [4.69, 9.17) is 9.47 Å². The number of para-hydroxylation sites is 2. The summed E-state index contributed by atoms with van der Waals surface area (Å²) < 4.78 is 11.0. The Kier molecular flexibility index (Phi) is 6.48. The molecule has 3 amide bonds. The Morgan fingerprint density at radius 2 is 1.77 bits per heavy atom. The molecule has 2 aromatic rings. The molecule has 1 heterocycles. The third kappa shape index (κ3) is 5.53. The van der Waals surface area contributed by atoms with Crippen LogP contribution in [0, 0.1) is 0 Å². The molecule has 1 atom stereocenters. The van der Waals surface area contributed by atoms with Gasteiger partial charge >= 0.3 is 6.09 Å². The van der Waals surface area contributed by atoms with Crippen LogP contribution in [0.25, 0.3) is 0 Å². The van der Waals surface area contributed by atoms with Crippen molar-refractivity contribution in [3.05, 3.63) is 59.7 Å². The molecule has 0 aliphatic carbocycles. The second-order valence-corrected chi connectivity index (χ2v) is 8.16. The van der Waals surface area contributed by atoms with Crippen molar-refractivity contribution in [1.82, 2.24) is 10.6 Å². The number of benzene rings is 2. The lowest BCUT2D eigenvalue weighted by atomic mass is 10.1. The maximum absolute atomic E-state index is 13.2. The van der Waals surface area contributed by atoms with Gasteiger partial charge in [0.2, 0.25) is 0 Å². The molecule has 0 radical (unpaired) electrons. The summed E-state index contributed by atoms with van der Waals surface area (Å²) in [5, 5.41) is 5.25. The molecule has 164 valence electrons. The van der Waals surface area contributed by atoms with E-state index in [1.165, 1.54) is 7.05 Å². The smallest absolute Gasteiger partial charge is 0.407 e. The molecule has 0 aromatic heterocycles. The number of rotatable bonds is 4. The molecule has 0 saturated heterocycles. The minimum atomic E-state index is -0.791. The molecule has 0 unspecified atom stereocenters. The third-order valence-electron chi connectivity index (χ3n) is 4.59. The van der Waals surface area contributed by atoms with Gasteiger partial charge in [0.1, 0.15) is 11.4 Å². The van der Waals surface area contributed by atoms with Crippen LogP contribution in [0.1, 0.15) is 36.7 Å². The fourth-order valence-electron chi connectivity index (χ4n) is 3.13. The zero-order chi connectivity index (χ0) is 22.6. The number of likely N-dealkylation sites (N-methyl/N-ethyl adjacent to an activating group) is 1. The van der Waals surface area contributed by atoms with E-state index in [0.29, 0.717) is 17.0 Å². The lowest BCUT2D eigenvalue weighted by Gasteiger charge is -2.34. The number of alkyl carbamates (subject to hydrolysis) is 1. The third-order valence-corrected chi connectivity index (χ3v) is 4.59. The highest BCUT2D eigenvalue weighted by Gasteiger charge is 2.33. The van der Waals surface area contributed by atoms with Gasteiger partial charge in [0.15, 0.2) is 6.10 Å². The lowest BCUT2D eigenvalue weighted by Crippen LogP contribution is -2.50. The van der Waals surface area contributed by atoms with Crippen LogP contribution in [-0.4, -0.2) is 43.2 Å². The van der Waals surface area contributed by atoms with Crippen LogP contribution in [-0.2, 0) is 16.1 Å². The molecule has 2 N–H and O–H groups in total. The van der Waals surface area contributed by atoms with Crippen LogP contribution < -0.4 is 20.3 Å². The van der Waals surface area contributed by atoms with Gasteiger partial charge in [-0.15, -0.1) is 0 Å². The van der Waals surface area contributed by atoms with E-state index in [9.17, 15) is 14.4 Å². The molecule has 8 nitrogen and oxygen atoms in total. The van der Waals surface area contributed by atoms with Crippen molar-refractivity contribution in [3.63, 3.8) is 0 Å². The summed E-state index contributed by atoms with van der Waals surface area (Å²) in [4.78, 5) is 38.7. The summed E-state index contributed by atoms with van der Waals surface area (Å²) in [5.74, 6) is -0.0546. The summed E-state index contributed by atoms with van der Waals surface area (Å²) in [6, 6.07) is 14.1. The molecule has 8 heteroatoms. The Bertz CT molecular complexity index is 966. The summed E-state index contributed by atoms with van der Waals surface area (Å²) in [6.45, 7) is 5.78. The standard InChI is InChI=1S/C23H27N3O5/c1-23(2,3)31-22(29)25-13-15-9-11-16(12-10-15)21(28)26-14-19(20(27)24-4)30-18-8-6-5-7-17(18)26/h5-12,19H,13-14H2,1-4H3,(H,24,27)(H,25,29)/t19-/m1/s1. The zero-order valence-electron chi connectivity index (χ0n) is 18.1. The van der Waals surface area contributed by atoms with E-state index in [1.54, 1.807) is 68.1 Å². The van der Waals surface area contributed by atoms with Crippen LogP contribution in [0.15, 0.2) is 48.5 Å². The number of hydrogen-bond acceptors (Lipinski definition) is 5. The first-order valence-electron chi connectivity index (χ1n) is 10.0. The highest BCUT2D eigenvalue weighted by atomic mass is 16.6. The molecule has 0 saturated carbocycles. The molecule has 1 aliphatic rings. The predicted molar refractivity (Wildman–Crippen MR) is 116 cm³/mol. The second kappa shape index (κ2) is 9.07. The van der Waals surface area contributed by atoms with E-state index < -0.39 is 17.8 Å². The largest absolute Gasteiger partial charge is 0.477 e. The van der Waals surface area contributed by atoms with E-state index >= 15 is 0 Å². The van der Waals surface area contributed by atoms with Crippen LogP contribution in [0.2, 0.25) is 0 Å². The fraction of sp³-hybridized carbons (Fsp3) is 0.348. The number of anilines is 1. The average Bonchev–Trinajstić information content (AvgIpc) is 2.75. The molecule has 31 heavy (non-hydrogen) atoms. The monoisotopic (exact) mass is 425 g/mol. The van der Waals surface area contributed by atoms with Crippen LogP contribution in [0.4, 0.5) is 10.5 Å². The minimum Gasteiger partial charge on any atom is -0.477 e. The van der Waals surface area contributed by atoms with E-state index in [-0.39, 0.29) is 24.9 Å². The van der Waals surface area contributed by atoms with Crippen LogP contribution >= 0.6 is 0 Å². The Labute approximate surface area is 181 Å². The highest BCUT2D eigenvalue weighted by Crippen LogP contribution is 2.34. The Morgan fingerprint density at radius 1 is 1.10 bits per heavy atom. The number of carbonyl (C=O) groups is 3. The number of fused-ring (bicyclic) bond motifs is 1. The second-order valence-electron chi connectivity index (χ2n) is 8.16. The van der Waals surface area contributed by atoms with Crippen molar-refractivity contribution < 1.29 is 23.9 Å². The number of nitrogens with zero attached hydrogens (tertiary/aromatic N) is 1. The molecule has 0 bridgehead atoms. The number of ether oxygens (including phenoxy) is 2. The number of carbonyl (C=O) groups excluding carboxylic acids is 3. The van der Waals surface area contributed by atoms with Crippen molar-refractivity contribution in [1.29, 1.82) is 0 Å². The van der Waals surface area contributed by atoms with Gasteiger partial charge in [-0.05, 0) is 50.6 Å². The molecule has 2 aromatic carbocycles. The van der Waals surface area contributed by atoms with Gasteiger partial charge in [-0.1, -0.05) is 24.3 Å². The van der Waals surface area contributed by atoms with Gasteiger partial charge in [-0.25, -0.2) is 4.79 Å². The maximum Gasteiger partial charge on any atom is 0.407 e. The zero-order valence-corrected chi connectivity index (χ0v) is 18.1. The van der Waals surface area contributed by atoms with Crippen molar-refractivity contribution in [3.8, 4) is 5.75 Å². The lowest BCUT2D eigenvalue weighted by molar-refractivity contribution is -0.127. The molecular formula is C23H27N3O5. The topological polar surface area (TPSA) is 97.0 Å². The van der Waals surface area contributed by atoms with Gasteiger partial charge < -0.3 is 25.0 Å². The van der Waals surface area contributed by atoms with Crippen molar-refractivity contribution in [2.45, 2.75) is 39.0 Å². The van der Waals surface area contributed by atoms with Gasteiger partial charge in [0, 0.05) is 19.2 Å². The van der Waals surface area contributed by atoms with E-state index in [2.05, 4.69) is 10.6 Å².